The first-order valence-corrected chi connectivity index (χ1v) is 23.3. The van der Waals surface area contributed by atoms with Gasteiger partial charge in [-0.15, -0.1) is 5.11 Å². The molecule has 19 nitrogen and oxygen atoms in total. The van der Waals surface area contributed by atoms with Crippen LogP contribution in [-0.2, 0) is 52.4 Å². The molecular weight excluding hydrogens is 817 g/mol. The van der Waals surface area contributed by atoms with Crippen molar-refractivity contribution in [1.29, 1.82) is 5.41 Å². The summed E-state index contributed by atoms with van der Waals surface area (Å²) < 4.78 is 32.2. The van der Waals surface area contributed by atoms with Crippen molar-refractivity contribution in [3.8, 4) is 0 Å². The van der Waals surface area contributed by atoms with Crippen LogP contribution >= 0.6 is 0 Å². The Kier molecular flexibility index (Phi) is 36.4. The average molecular weight is 899 g/mol. The monoisotopic (exact) mass is 899 g/mol. The summed E-state index contributed by atoms with van der Waals surface area (Å²) in [7, 11) is 0. The number of amidine groups is 1. The van der Waals surface area contributed by atoms with Crippen molar-refractivity contribution in [2.75, 3.05) is 105 Å². The van der Waals surface area contributed by atoms with Crippen molar-refractivity contribution in [3.05, 3.63) is 0 Å². The minimum Gasteiger partial charge on any atom is -0.377 e. The molecule has 0 aliphatic heterocycles. The van der Waals surface area contributed by atoms with Crippen molar-refractivity contribution in [1.82, 2.24) is 21.3 Å². The molecule has 1 aliphatic rings. The molecule has 4 amide bonds. The van der Waals surface area contributed by atoms with Crippen molar-refractivity contribution < 1.29 is 52.4 Å². The molecule has 2 unspecified atom stereocenters. The quantitative estimate of drug-likeness (QED) is 0.0126. The SMILES string of the molecule is CC(=O)C1(C)CC1CCCNC(=O)COCCOCCNC(=O)COCCOCCNC(=O)COCCOCCNC(=O)CCCCCCCCCCCCCCCC(=N)N=NN. The van der Waals surface area contributed by atoms with E-state index >= 15 is 0 Å². The van der Waals surface area contributed by atoms with E-state index in [0.29, 0.717) is 71.4 Å². The Morgan fingerprint density at radius 1 is 0.524 bits per heavy atom. The number of hydrogen-bond acceptors (Lipinski definition) is 13. The van der Waals surface area contributed by atoms with E-state index in [0.717, 1.165) is 51.4 Å². The van der Waals surface area contributed by atoms with Gasteiger partial charge in [-0.1, -0.05) is 82.8 Å². The Labute approximate surface area is 376 Å². The maximum absolute atomic E-state index is 12.0. The van der Waals surface area contributed by atoms with Crippen LogP contribution in [0.25, 0.3) is 0 Å². The maximum Gasteiger partial charge on any atom is 0.246 e. The molecule has 19 heteroatoms. The van der Waals surface area contributed by atoms with Crippen LogP contribution in [0.1, 0.15) is 129 Å². The number of nitrogens with two attached hydrogens (primary N) is 1. The molecule has 0 aromatic carbocycles. The number of ether oxygens (including phenoxy) is 6. The lowest BCUT2D eigenvalue weighted by atomic mass is 9.99. The lowest BCUT2D eigenvalue weighted by Gasteiger charge is -2.09. The zero-order valence-electron chi connectivity index (χ0n) is 38.6. The number of hydrogen-bond donors (Lipinski definition) is 6. The molecule has 364 valence electrons. The van der Waals surface area contributed by atoms with Gasteiger partial charge in [0.05, 0.1) is 59.5 Å². The summed E-state index contributed by atoms with van der Waals surface area (Å²) in [6, 6.07) is 0. The first-order chi connectivity index (χ1) is 30.6. The number of amides is 4. The van der Waals surface area contributed by atoms with E-state index in [-0.39, 0.29) is 93.5 Å². The highest BCUT2D eigenvalue weighted by atomic mass is 16.5. The van der Waals surface area contributed by atoms with Gasteiger partial charge in [0, 0.05) is 44.4 Å². The molecule has 1 saturated carbocycles. The van der Waals surface area contributed by atoms with Gasteiger partial charge in [0.15, 0.2) is 0 Å². The third kappa shape index (κ3) is 35.4. The van der Waals surface area contributed by atoms with Crippen LogP contribution in [0.5, 0.6) is 0 Å². The molecule has 0 bridgehead atoms. The Morgan fingerprint density at radius 3 is 1.29 bits per heavy atom. The van der Waals surface area contributed by atoms with Gasteiger partial charge in [-0.2, -0.15) is 0 Å². The summed E-state index contributed by atoms with van der Waals surface area (Å²) in [5.41, 5.74) is -0.161. The Hall–Kier alpha value is -3.62. The summed E-state index contributed by atoms with van der Waals surface area (Å²) in [4.78, 5) is 59.3. The van der Waals surface area contributed by atoms with Crippen LogP contribution in [0.3, 0.4) is 0 Å². The van der Waals surface area contributed by atoms with Crippen LogP contribution in [0, 0.1) is 16.7 Å². The van der Waals surface area contributed by atoms with Crippen molar-refractivity contribution in [3.63, 3.8) is 0 Å². The zero-order chi connectivity index (χ0) is 46.1. The third-order valence-electron chi connectivity index (χ3n) is 10.8. The summed E-state index contributed by atoms with van der Waals surface area (Å²) in [6.45, 7) is 7.61. The van der Waals surface area contributed by atoms with Crippen molar-refractivity contribution in [2.24, 2.45) is 27.5 Å². The number of rotatable bonds is 45. The smallest absolute Gasteiger partial charge is 0.246 e. The fourth-order valence-corrected chi connectivity index (χ4v) is 6.71. The Bertz CT molecular complexity index is 1280. The van der Waals surface area contributed by atoms with E-state index in [1.54, 1.807) is 6.92 Å². The van der Waals surface area contributed by atoms with Gasteiger partial charge < -0.3 is 55.5 Å². The summed E-state index contributed by atoms with van der Waals surface area (Å²) in [5.74, 6) is 5.18. The van der Waals surface area contributed by atoms with E-state index < -0.39 is 0 Å². The molecule has 1 aliphatic carbocycles. The summed E-state index contributed by atoms with van der Waals surface area (Å²) >= 11 is 0. The number of unbranched alkanes of at least 4 members (excludes halogenated alkanes) is 12. The number of Topliss-reactive ketones (excluding diaryl/α,β-unsaturated/α-hetero) is 1. The second-order valence-corrected chi connectivity index (χ2v) is 16.2. The second-order valence-electron chi connectivity index (χ2n) is 16.2. The van der Waals surface area contributed by atoms with Gasteiger partial charge in [0.1, 0.15) is 31.4 Å². The van der Waals surface area contributed by atoms with Gasteiger partial charge in [0.2, 0.25) is 23.6 Å². The molecule has 0 aromatic heterocycles. The lowest BCUT2D eigenvalue weighted by molar-refractivity contribution is -0.127. The zero-order valence-corrected chi connectivity index (χ0v) is 38.6. The second kappa shape index (κ2) is 39.9. The number of carbonyl (C=O) groups excluding carboxylic acids is 5. The predicted molar refractivity (Wildman–Crippen MR) is 239 cm³/mol. The molecule has 0 heterocycles. The Balaban J connectivity index is 1.74. The predicted octanol–water partition coefficient (Wildman–Crippen LogP) is 4.10. The standard InChI is InChI=1S/C44H82N8O11/c1-37(53)44(2)33-38(44)17-16-20-47-41(55)34-61-30-28-59-25-22-49-43(57)36-63-32-29-60-26-23-50-42(56)35-62-31-27-58-24-21-48-40(54)19-15-13-11-9-7-5-3-4-6-8-10-12-14-18-39(45)51-52-46/h38H,3-36H2,1-2H3,(H,47,55)(H,48,54)(H,49,57)(H,50,56)(H3,45,46,51). The summed E-state index contributed by atoms with van der Waals surface area (Å²) in [5, 5.41) is 25.2. The number of ketones is 1. The maximum atomic E-state index is 12.0. The van der Waals surface area contributed by atoms with E-state index in [4.69, 9.17) is 39.7 Å². The highest BCUT2D eigenvalue weighted by molar-refractivity contribution is 5.85. The average Bonchev–Trinajstić information content (AvgIpc) is 3.94. The summed E-state index contributed by atoms with van der Waals surface area (Å²) in [6.07, 6.45) is 19.2. The highest BCUT2D eigenvalue weighted by Crippen LogP contribution is 2.55. The van der Waals surface area contributed by atoms with Crippen molar-refractivity contribution in [2.45, 2.75) is 129 Å². The van der Waals surface area contributed by atoms with Crippen LogP contribution in [-0.4, -0.2) is 141 Å². The highest BCUT2D eigenvalue weighted by Gasteiger charge is 2.52. The van der Waals surface area contributed by atoms with Crippen molar-refractivity contribution >= 4 is 35.2 Å². The van der Waals surface area contributed by atoms with E-state index in [2.05, 4.69) is 31.6 Å². The van der Waals surface area contributed by atoms with Crippen LogP contribution in [0.2, 0.25) is 0 Å². The van der Waals surface area contributed by atoms with Gasteiger partial charge in [0.25, 0.3) is 0 Å². The fourth-order valence-electron chi connectivity index (χ4n) is 6.71. The molecule has 7 N–H and O–H groups in total. The fraction of sp³-hybridized carbons (Fsp3) is 0.864. The van der Waals surface area contributed by atoms with Crippen LogP contribution in [0.4, 0.5) is 0 Å². The number of carbonyl (C=O) groups is 5. The van der Waals surface area contributed by atoms with Crippen LogP contribution < -0.4 is 27.1 Å². The molecule has 2 atom stereocenters. The minimum absolute atomic E-state index is 0.0422. The van der Waals surface area contributed by atoms with Gasteiger partial charge in [-0.05, 0) is 44.9 Å². The van der Waals surface area contributed by atoms with Crippen LogP contribution in [0.15, 0.2) is 10.3 Å². The largest absolute Gasteiger partial charge is 0.377 e. The molecular formula is C44H82N8O11. The minimum atomic E-state index is -0.280. The Morgan fingerprint density at radius 2 is 0.889 bits per heavy atom. The molecule has 0 saturated heterocycles. The van der Waals surface area contributed by atoms with Gasteiger partial charge in [-0.3, -0.25) is 29.4 Å². The molecule has 1 fully saturated rings. The van der Waals surface area contributed by atoms with E-state index in [9.17, 15) is 24.0 Å². The third-order valence-corrected chi connectivity index (χ3v) is 10.8. The van der Waals surface area contributed by atoms with Gasteiger partial charge in [-0.25, -0.2) is 0 Å². The molecule has 63 heavy (non-hydrogen) atoms. The first kappa shape index (κ1) is 57.4. The van der Waals surface area contributed by atoms with Gasteiger partial charge >= 0.3 is 0 Å². The normalized spacial score (nSPS) is 15.6. The lowest BCUT2D eigenvalue weighted by Crippen LogP contribution is -2.32. The number of nitrogens with zero attached hydrogens (tertiary/aromatic N) is 2. The topological polar surface area (TPSA) is 263 Å². The first-order valence-electron chi connectivity index (χ1n) is 23.3. The molecule has 0 radical (unpaired) electrons. The molecule has 1 rings (SSSR count). The molecule has 0 spiro atoms. The van der Waals surface area contributed by atoms with E-state index in [1.807, 2.05) is 6.92 Å². The van der Waals surface area contributed by atoms with E-state index in [1.165, 1.54) is 51.4 Å². The molecule has 0 aromatic rings. The number of nitrogens with one attached hydrogen (secondary N) is 5.